The Balaban J connectivity index is 1.84. The molecule has 1 unspecified atom stereocenters. The van der Waals surface area contributed by atoms with Crippen molar-refractivity contribution in [1.82, 2.24) is 5.32 Å². The maximum atomic E-state index is 11.6. The molecular weight excluding hydrogens is 242 g/mol. The van der Waals surface area contributed by atoms with E-state index < -0.39 is 6.04 Å². The lowest BCUT2D eigenvalue weighted by Gasteiger charge is -2.10. The first-order chi connectivity index (χ1) is 8.15. The Morgan fingerprint density at radius 3 is 2.71 bits per heavy atom. The van der Waals surface area contributed by atoms with E-state index in [9.17, 15) is 9.59 Å². The molecule has 1 aromatic carbocycles. The van der Waals surface area contributed by atoms with E-state index in [4.69, 9.17) is 16.3 Å². The summed E-state index contributed by atoms with van der Waals surface area (Å²) in [6, 6.07) is 6.57. The second-order valence-corrected chi connectivity index (χ2v) is 4.33. The fraction of sp³-hybridized carbons (Fsp3) is 0.333. The molecule has 1 aliphatic rings. The highest BCUT2D eigenvalue weighted by Gasteiger charge is 2.28. The van der Waals surface area contributed by atoms with E-state index in [1.165, 1.54) is 0 Å². The summed E-state index contributed by atoms with van der Waals surface area (Å²) in [5.41, 5.74) is 0.868. The Labute approximate surface area is 104 Å². The van der Waals surface area contributed by atoms with Crippen LogP contribution in [0.25, 0.3) is 0 Å². The van der Waals surface area contributed by atoms with E-state index in [1.807, 2.05) is 0 Å². The van der Waals surface area contributed by atoms with Crippen molar-refractivity contribution in [1.29, 1.82) is 0 Å². The number of carbonyl (C=O) groups is 2. The minimum atomic E-state index is -0.491. The molecule has 1 saturated heterocycles. The first-order valence-electron chi connectivity index (χ1n) is 5.35. The van der Waals surface area contributed by atoms with Gasteiger partial charge in [-0.05, 0) is 24.1 Å². The Bertz CT molecular complexity index is 430. The third-order valence-electron chi connectivity index (χ3n) is 2.57. The molecule has 1 aromatic rings. The zero-order chi connectivity index (χ0) is 12.3. The van der Waals surface area contributed by atoms with Gasteiger partial charge in [-0.25, -0.2) is 4.79 Å². The third kappa shape index (κ3) is 3.20. The highest BCUT2D eigenvalue weighted by molar-refractivity contribution is 6.30. The van der Waals surface area contributed by atoms with Crippen molar-refractivity contribution in [2.75, 3.05) is 0 Å². The number of benzene rings is 1. The molecule has 5 heteroatoms. The van der Waals surface area contributed by atoms with Gasteiger partial charge in [0.15, 0.2) is 0 Å². The van der Waals surface area contributed by atoms with Crippen molar-refractivity contribution in [2.24, 2.45) is 0 Å². The number of halogens is 1. The largest absolute Gasteiger partial charge is 0.459 e. The predicted molar refractivity (Wildman–Crippen MR) is 62.4 cm³/mol. The van der Waals surface area contributed by atoms with E-state index in [0.29, 0.717) is 17.9 Å². The Morgan fingerprint density at radius 1 is 1.41 bits per heavy atom. The van der Waals surface area contributed by atoms with Crippen LogP contribution in [0, 0.1) is 0 Å². The smallest absolute Gasteiger partial charge is 0.328 e. The Hall–Kier alpha value is -1.55. The molecule has 0 radical (unpaired) electrons. The fourth-order valence-corrected chi connectivity index (χ4v) is 1.75. The molecule has 1 fully saturated rings. The lowest BCUT2D eigenvalue weighted by Crippen LogP contribution is -2.34. The number of nitrogens with one attached hydrogen (secondary N) is 1. The third-order valence-corrected chi connectivity index (χ3v) is 2.83. The topological polar surface area (TPSA) is 55.4 Å². The van der Waals surface area contributed by atoms with Gasteiger partial charge in [0, 0.05) is 11.4 Å². The molecule has 0 spiro atoms. The summed E-state index contributed by atoms with van der Waals surface area (Å²) in [4.78, 5) is 22.5. The molecule has 0 aromatic heterocycles. The van der Waals surface area contributed by atoms with Crippen LogP contribution in [0.3, 0.4) is 0 Å². The number of esters is 1. The van der Waals surface area contributed by atoms with Gasteiger partial charge < -0.3 is 10.1 Å². The van der Waals surface area contributed by atoms with Crippen LogP contribution in [0.5, 0.6) is 0 Å². The van der Waals surface area contributed by atoms with Crippen molar-refractivity contribution in [3.63, 3.8) is 0 Å². The highest BCUT2D eigenvalue weighted by atomic mass is 35.5. The van der Waals surface area contributed by atoms with Crippen molar-refractivity contribution in [3.8, 4) is 0 Å². The number of carbonyl (C=O) groups excluding carboxylic acids is 2. The van der Waals surface area contributed by atoms with Gasteiger partial charge in [0.2, 0.25) is 5.91 Å². The summed E-state index contributed by atoms with van der Waals surface area (Å²) in [5.74, 6) is -0.482. The predicted octanol–water partition coefficient (Wildman–Crippen LogP) is 1.66. The molecular formula is C12H12ClNO3. The van der Waals surface area contributed by atoms with Gasteiger partial charge in [0.25, 0.3) is 0 Å². The SMILES string of the molecule is O=C1CCC(C(=O)OCc2ccc(Cl)cc2)N1. The quantitative estimate of drug-likeness (QED) is 0.834. The van der Waals surface area contributed by atoms with Gasteiger partial charge in [-0.1, -0.05) is 23.7 Å². The maximum absolute atomic E-state index is 11.6. The summed E-state index contributed by atoms with van der Waals surface area (Å²) >= 11 is 5.74. The highest BCUT2D eigenvalue weighted by Crippen LogP contribution is 2.12. The van der Waals surface area contributed by atoms with Crippen LogP contribution in [0.1, 0.15) is 18.4 Å². The molecule has 17 heavy (non-hydrogen) atoms. The second kappa shape index (κ2) is 5.19. The molecule has 0 bridgehead atoms. The van der Waals surface area contributed by atoms with E-state index in [1.54, 1.807) is 24.3 Å². The van der Waals surface area contributed by atoms with Crippen molar-refractivity contribution >= 4 is 23.5 Å². The monoisotopic (exact) mass is 253 g/mol. The van der Waals surface area contributed by atoms with E-state index in [-0.39, 0.29) is 18.5 Å². The molecule has 1 heterocycles. The van der Waals surface area contributed by atoms with Crippen LogP contribution in [0.2, 0.25) is 5.02 Å². The lowest BCUT2D eigenvalue weighted by atomic mass is 10.2. The Kier molecular flexibility index (Phi) is 3.64. The molecule has 1 aliphatic heterocycles. The molecule has 2 rings (SSSR count). The molecule has 0 aliphatic carbocycles. The normalized spacial score (nSPS) is 18.9. The molecule has 1 amide bonds. The number of hydrogen-bond donors (Lipinski definition) is 1. The summed E-state index contributed by atoms with van der Waals surface area (Å²) in [5, 5.41) is 3.21. The van der Waals surface area contributed by atoms with Crippen LogP contribution in [0.4, 0.5) is 0 Å². The van der Waals surface area contributed by atoms with Gasteiger partial charge >= 0.3 is 5.97 Å². The zero-order valence-corrected chi connectivity index (χ0v) is 9.87. The van der Waals surface area contributed by atoms with E-state index in [2.05, 4.69) is 5.32 Å². The van der Waals surface area contributed by atoms with Gasteiger partial charge in [-0.15, -0.1) is 0 Å². The van der Waals surface area contributed by atoms with Crippen LogP contribution < -0.4 is 5.32 Å². The number of rotatable bonds is 3. The van der Waals surface area contributed by atoms with E-state index >= 15 is 0 Å². The molecule has 1 atom stereocenters. The summed E-state index contributed by atoms with van der Waals surface area (Å²) in [7, 11) is 0. The molecule has 90 valence electrons. The summed E-state index contributed by atoms with van der Waals surface area (Å²) < 4.78 is 5.10. The van der Waals surface area contributed by atoms with Crippen LogP contribution in [-0.2, 0) is 20.9 Å². The van der Waals surface area contributed by atoms with Gasteiger partial charge in [-0.2, -0.15) is 0 Å². The molecule has 0 saturated carbocycles. The zero-order valence-electron chi connectivity index (χ0n) is 9.11. The average molecular weight is 254 g/mol. The standard InChI is InChI=1S/C12H12ClNO3/c13-9-3-1-8(2-4-9)7-17-12(16)10-5-6-11(15)14-10/h1-4,10H,5-7H2,(H,14,15). The number of amides is 1. The van der Waals surface area contributed by atoms with Crippen molar-refractivity contribution in [2.45, 2.75) is 25.5 Å². The van der Waals surface area contributed by atoms with Crippen molar-refractivity contribution < 1.29 is 14.3 Å². The Morgan fingerprint density at radius 2 is 2.12 bits per heavy atom. The maximum Gasteiger partial charge on any atom is 0.328 e. The van der Waals surface area contributed by atoms with Gasteiger partial charge in [-0.3, -0.25) is 4.79 Å². The van der Waals surface area contributed by atoms with E-state index in [0.717, 1.165) is 5.56 Å². The first-order valence-corrected chi connectivity index (χ1v) is 5.73. The molecule has 4 nitrogen and oxygen atoms in total. The van der Waals surface area contributed by atoms with Crippen LogP contribution >= 0.6 is 11.6 Å². The average Bonchev–Trinajstić information content (AvgIpc) is 2.75. The summed E-state index contributed by atoms with van der Waals surface area (Å²) in [6.45, 7) is 0.197. The first kappa shape index (κ1) is 11.9. The van der Waals surface area contributed by atoms with Crippen LogP contribution in [0.15, 0.2) is 24.3 Å². The second-order valence-electron chi connectivity index (χ2n) is 3.89. The molecule has 1 N–H and O–H groups in total. The fourth-order valence-electron chi connectivity index (χ4n) is 1.63. The summed E-state index contributed by atoms with van der Waals surface area (Å²) in [6.07, 6.45) is 0.902. The van der Waals surface area contributed by atoms with Crippen molar-refractivity contribution in [3.05, 3.63) is 34.9 Å². The van der Waals surface area contributed by atoms with Crippen LogP contribution in [-0.4, -0.2) is 17.9 Å². The van der Waals surface area contributed by atoms with Gasteiger partial charge in [0.1, 0.15) is 12.6 Å². The van der Waals surface area contributed by atoms with Gasteiger partial charge in [0.05, 0.1) is 0 Å². The minimum absolute atomic E-state index is 0.0987. The lowest BCUT2D eigenvalue weighted by molar-refractivity contribution is -0.147. The number of ether oxygens (including phenoxy) is 1. The minimum Gasteiger partial charge on any atom is -0.459 e. The number of hydrogen-bond acceptors (Lipinski definition) is 3.